The van der Waals surface area contributed by atoms with Crippen LogP contribution in [0.3, 0.4) is 0 Å². The number of imidazole rings is 1. The monoisotopic (exact) mass is 344 g/mol. The highest BCUT2D eigenvalue weighted by Crippen LogP contribution is 2.31. The molecule has 2 aliphatic rings. The summed E-state index contributed by atoms with van der Waals surface area (Å²) >= 11 is 1.66. The quantitative estimate of drug-likeness (QED) is 0.922. The molecule has 0 fully saturated rings. The number of carbonyl (C=O) groups is 2. The van der Waals surface area contributed by atoms with Crippen LogP contribution in [0.2, 0.25) is 0 Å². The Morgan fingerprint density at radius 2 is 2.29 bits per heavy atom. The third kappa shape index (κ3) is 2.96. The van der Waals surface area contributed by atoms with Crippen molar-refractivity contribution in [3.8, 4) is 0 Å². The summed E-state index contributed by atoms with van der Waals surface area (Å²) in [6.45, 7) is 0.856. The highest BCUT2D eigenvalue weighted by atomic mass is 32.1. The Morgan fingerprint density at radius 1 is 1.38 bits per heavy atom. The lowest BCUT2D eigenvalue weighted by Crippen LogP contribution is -2.46. The average Bonchev–Trinajstić information content (AvgIpc) is 3.18. The summed E-state index contributed by atoms with van der Waals surface area (Å²) in [5, 5.41) is 5.08. The van der Waals surface area contributed by atoms with Gasteiger partial charge in [0.1, 0.15) is 12.4 Å². The van der Waals surface area contributed by atoms with Gasteiger partial charge in [-0.05, 0) is 30.7 Å². The molecule has 2 aromatic heterocycles. The summed E-state index contributed by atoms with van der Waals surface area (Å²) in [5.41, 5.74) is 0.915. The van der Waals surface area contributed by atoms with Gasteiger partial charge in [0.05, 0.1) is 5.69 Å². The number of nitrogens with one attached hydrogen (secondary N) is 1. The van der Waals surface area contributed by atoms with Crippen LogP contribution in [0.4, 0.5) is 5.69 Å². The lowest BCUT2D eigenvalue weighted by atomic mass is 10.1. The number of thiophene rings is 1. The molecule has 0 saturated carbocycles. The molecule has 1 N–H and O–H groups in total. The average molecular weight is 344 g/mol. The number of hydrogen-bond acceptors (Lipinski definition) is 4. The molecule has 7 heteroatoms. The van der Waals surface area contributed by atoms with Crippen LogP contribution >= 0.6 is 11.3 Å². The smallest absolute Gasteiger partial charge is 0.240 e. The maximum atomic E-state index is 12.5. The zero-order chi connectivity index (χ0) is 16.5. The first kappa shape index (κ1) is 15.4. The Hall–Kier alpha value is -2.15. The van der Waals surface area contributed by atoms with Crippen LogP contribution in [-0.4, -0.2) is 34.0 Å². The van der Waals surface area contributed by atoms with Crippen LogP contribution in [0.1, 0.15) is 30.0 Å². The molecule has 0 spiro atoms. The van der Waals surface area contributed by atoms with Crippen molar-refractivity contribution in [1.29, 1.82) is 0 Å². The molecule has 6 nitrogen and oxygen atoms in total. The van der Waals surface area contributed by atoms with E-state index in [1.165, 1.54) is 4.88 Å². The van der Waals surface area contributed by atoms with Crippen LogP contribution in [0, 0.1) is 0 Å². The van der Waals surface area contributed by atoms with E-state index < -0.39 is 0 Å². The van der Waals surface area contributed by atoms with Gasteiger partial charge >= 0.3 is 0 Å². The summed E-state index contributed by atoms with van der Waals surface area (Å²) in [5.74, 6) is 1.03. The summed E-state index contributed by atoms with van der Waals surface area (Å²) in [4.78, 5) is 32.0. The van der Waals surface area contributed by atoms with Crippen LogP contribution < -0.4 is 10.2 Å². The van der Waals surface area contributed by atoms with E-state index in [0.29, 0.717) is 6.42 Å². The molecule has 4 heterocycles. The van der Waals surface area contributed by atoms with E-state index in [0.717, 1.165) is 43.7 Å². The number of anilines is 1. The van der Waals surface area contributed by atoms with Gasteiger partial charge < -0.3 is 14.8 Å². The van der Waals surface area contributed by atoms with E-state index in [-0.39, 0.29) is 24.4 Å². The zero-order valence-corrected chi connectivity index (χ0v) is 14.2. The van der Waals surface area contributed by atoms with Gasteiger partial charge in [0.2, 0.25) is 11.8 Å². The Labute approximate surface area is 144 Å². The van der Waals surface area contributed by atoms with E-state index in [1.807, 2.05) is 17.6 Å². The van der Waals surface area contributed by atoms with Gasteiger partial charge in [0, 0.05) is 42.7 Å². The fourth-order valence-corrected chi connectivity index (χ4v) is 4.43. The SMILES string of the molecule is O=C(CN1C(=O)CCCc2sccc21)NC1CCc2nccn2C1. The van der Waals surface area contributed by atoms with E-state index in [2.05, 4.69) is 14.9 Å². The Morgan fingerprint density at radius 3 is 3.21 bits per heavy atom. The minimum Gasteiger partial charge on any atom is -0.350 e. The van der Waals surface area contributed by atoms with E-state index in [9.17, 15) is 9.59 Å². The Kier molecular flexibility index (Phi) is 4.10. The predicted octanol–water partition coefficient (Wildman–Crippen LogP) is 1.75. The number of nitrogens with zero attached hydrogens (tertiary/aromatic N) is 3. The summed E-state index contributed by atoms with van der Waals surface area (Å²) in [6.07, 6.45) is 7.79. The number of hydrogen-bond donors (Lipinski definition) is 1. The molecule has 2 aromatic rings. The molecule has 0 bridgehead atoms. The molecule has 0 aromatic carbocycles. The fourth-order valence-electron chi connectivity index (χ4n) is 3.51. The maximum Gasteiger partial charge on any atom is 0.240 e. The Balaban J connectivity index is 1.42. The number of fused-ring (bicyclic) bond motifs is 2. The van der Waals surface area contributed by atoms with E-state index >= 15 is 0 Å². The molecule has 0 aliphatic carbocycles. The van der Waals surface area contributed by atoms with Crippen molar-refractivity contribution in [3.63, 3.8) is 0 Å². The fraction of sp³-hybridized carbons (Fsp3) is 0.471. The highest BCUT2D eigenvalue weighted by molar-refractivity contribution is 7.10. The second-order valence-electron chi connectivity index (χ2n) is 6.36. The third-order valence-corrected chi connectivity index (χ3v) is 5.68. The summed E-state index contributed by atoms with van der Waals surface area (Å²) in [6, 6.07) is 2.05. The molecule has 0 saturated heterocycles. The van der Waals surface area contributed by atoms with Gasteiger partial charge in [-0.15, -0.1) is 11.3 Å². The molecular formula is C17H20N4O2S. The van der Waals surface area contributed by atoms with Crippen LogP contribution in [-0.2, 0) is 29.0 Å². The van der Waals surface area contributed by atoms with Gasteiger partial charge in [0.15, 0.2) is 0 Å². The first-order chi connectivity index (χ1) is 11.7. The zero-order valence-electron chi connectivity index (χ0n) is 13.4. The molecule has 126 valence electrons. The number of amides is 2. The van der Waals surface area contributed by atoms with Gasteiger partial charge in [-0.3, -0.25) is 9.59 Å². The number of aromatic nitrogens is 2. The Bertz CT molecular complexity index is 766. The van der Waals surface area contributed by atoms with Crippen molar-refractivity contribution in [2.45, 2.75) is 44.7 Å². The van der Waals surface area contributed by atoms with Crippen LogP contribution in [0.15, 0.2) is 23.8 Å². The molecular weight excluding hydrogens is 324 g/mol. The van der Waals surface area contributed by atoms with E-state index in [1.54, 1.807) is 22.4 Å². The van der Waals surface area contributed by atoms with Crippen molar-refractivity contribution in [2.75, 3.05) is 11.4 Å². The minimum absolute atomic E-state index is 0.0443. The second-order valence-corrected chi connectivity index (χ2v) is 7.36. The van der Waals surface area contributed by atoms with Gasteiger partial charge in [-0.1, -0.05) is 0 Å². The first-order valence-corrected chi connectivity index (χ1v) is 9.25. The van der Waals surface area contributed by atoms with Gasteiger partial charge in [0.25, 0.3) is 0 Å². The maximum absolute atomic E-state index is 12.5. The lowest BCUT2D eigenvalue weighted by Gasteiger charge is -2.26. The lowest BCUT2D eigenvalue weighted by molar-refractivity contribution is -0.124. The highest BCUT2D eigenvalue weighted by Gasteiger charge is 2.26. The van der Waals surface area contributed by atoms with Crippen LogP contribution in [0.25, 0.3) is 0 Å². The molecule has 2 aliphatic heterocycles. The second kappa shape index (κ2) is 6.39. The normalized spacial score (nSPS) is 20.2. The first-order valence-electron chi connectivity index (χ1n) is 8.37. The third-order valence-electron chi connectivity index (χ3n) is 4.71. The molecule has 4 rings (SSSR count). The molecule has 1 atom stereocenters. The largest absolute Gasteiger partial charge is 0.350 e. The van der Waals surface area contributed by atoms with Crippen molar-refractivity contribution in [2.24, 2.45) is 0 Å². The molecule has 1 unspecified atom stereocenters. The minimum atomic E-state index is -0.0871. The van der Waals surface area contributed by atoms with Crippen molar-refractivity contribution in [3.05, 3.63) is 34.5 Å². The molecule has 2 amide bonds. The number of aryl methyl sites for hydroxylation is 2. The molecule has 24 heavy (non-hydrogen) atoms. The topological polar surface area (TPSA) is 67.2 Å². The number of rotatable bonds is 3. The standard InChI is InChI=1S/C17H20N4O2S/c22-16(19-12-4-5-15-18-7-8-20(15)10-12)11-21-13-6-9-24-14(13)2-1-3-17(21)23/h6-9,12H,1-5,10-11H2,(H,19,22). The van der Waals surface area contributed by atoms with Crippen LogP contribution in [0.5, 0.6) is 0 Å². The predicted molar refractivity (Wildman–Crippen MR) is 92.1 cm³/mol. The van der Waals surface area contributed by atoms with Gasteiger partial charge in [-0.2, -0.15) is 0 Å². The number of carbonyl (C=O) groups excluding carboxylic acids is 2. The van der Waals surface area contributed by atoms with Crippen molar-refractivity contribution in [1.82, 2.24) is 14.9 Å². The summed E-state index contributed by atoms with van der Waals surface area (Å²) < 4.78 is 2.09. The van der Waals surface area contributed by atoms with E-state index in [4.69, 9.17) is 0 Å². The van der Waals surface area contributed by atoms with Crippen molar-refractivity contribution >= 4 is 28.8 Å². The molecule has 0 radical (unpaired) electrons. The summed E-state index contributed by atoms with van der Waals surface area (Å²) in [7, 11) is 0. The van der Waals surface area contributed by atoms with Crippen molar-refractivity contribution < 1.29 is 9.59 Å². The van der Waals surface area contributed by atoms with Gasteiger partial charge in [-0.25, -0.2) is 4.98 Å².